The Morgan fingerprint density at radius 2 is 1.32 bits per heavy atom. The van der Waals surface area contributed by atoms with Crippen LogP contribution in [-0.2, 0) is 38.7 Å². The van der Waals surface area contributed by atoms with E-state index in [9.17, 15) is 26.4 Å². The lowest BCUT2D eigenvalue weighted by Crippen LogP contribution is -2.55. The number of carbonyl (C=O) groups is 2. The Balaban J connectivity index is 2.77. The summed E-state index contributed by atoms with van der Waals surface area (Å²) in [7, 11) is -6.90. The first-order chi connectivity index (χ1) is 11.5. The van der Waals surface area contributed by atoms with Crippen LogP contribution in [0.2, 0.25) is 5.02 Å². The molecule has 2 rings (SSSR count). The van der Waals surface area contributed by atoms with Crippen molar-refractivity contribution in [3.05, 3.63) is 34.9 Å². The number of carbonyl (C=O) groups excluding carboxylic acids is 2. The molecule has 25 heavy (non-hydrogen) atoms. The summed E-state index contributed by atoms with van der Waals surface area (Å²) in [5, 5.41) is -4.74. The minimum absolute atomic E-state index is 0.141. The number of rotatable bonds is 3. The number of hydrogen-bond acceptors (Lipinski definition) is 8. The molecule has 0 aliphatic carbocycles. The summed E-state index contributed by atoms with van der Waals surface area (Å²) >= 11 is 5.80. The van der Waals surface area contributed by atoms with Gasteiger partial charge in [-0.1, -0.05) is 23.7 Å². The summed E-state index contributed by atoms with van der Waals surface area (Å²) in [4.78, 5) is 24.3. The highest BCUT2D eigenvalue weighted by Crippen LogP contribution is 2.39. The normalized spacial score (nSPS) is 27.2. The van der Waals surface area contributed by atoms with Crippen molar-refractivity contribution in [3.63, 3.8) is 0 Å². The average molecular weight is 411 g/mol. The third kappa shape index (κ3) is 3.65. The van der Waals surface area contributed by atoms with E-state index in [4.69, 9.17) is 11.6 Å². The van der Waals surface area contributed by atoms with E-state index >= 15 is 0 Å². The topological polar surface area (TPSA) is 121 Å². The molecule has 11 heteroatoms. The van der Waals surface area contributed by atoms with Crippen molar-refractivity contribution >= 4 is 43.2 Å². The summed E-state index contributed by atoms with van der Waals surface area (Å²) < 4.78 is 58.9. The maximum absolute atomic E-state index is 12.4. The minimum atomic E-state index is -4.43. The quantitative estimate of drug-likeness (QED) is 0.652. The van der Waals surface area contributed by atoms with Crippen molar-refractivity contribution in [2.45, 2.75) is 16.4 Å². The highest BCUT2D eigenvalue weighted by molar-refractivity contribution is 8.10. The van der Waals surface area contributed by atoms with E-state index in [2.05, 4.69) is 9.47 Å². The molecule has 1 aromatic rings. The fourth-order valence-electron chi connectivity index (χ4n) is 2.83. The van der Waals surface area contributed by atoms with Crippen LogP contribution in [0.4, 0.5) is 0 Å². The fourth-order valence-corrected chi connectivity index (χ4v) is 8.37. The van der Waals surface area contributed by atoms with E-state index in [1.54, 1.807) is 0 Å². The predicted octanol–water partition coefficient (Wildman–Crippen LogP) is 0.307. The highest BCUT2D eigenvalue weighted by Gasteiger charge is 2.58. The van der Waals surface area contributed by atoms with Crippen molar-refractivity contribution in [1.82, 2.24) is 0 Å². The molecular formula is C14H15ClO8S2. The van der Waals surface area contributed by atoms with Gasteiger partial charge in [0.05, 0.1) is 14.2 Å². The molecule has 1 heterocycles. The van der Waals surface area contributed by atoms with Crippen LogP contribution < -0.4 is 0 Å². The molecule has 1 aliphatic rings. The molecule has 138 valence electrons. The molecule has 1 fully saturated rings. The second-order valence-corrected chi connectivity index (χ2v) is 10.5. The van der Waals surface area contributed by atoms with Crippen LogP contribution in [0.25, 0.3) is 0 Å². The first-order valence-corrected chi connectivity index (χ1v) is 10.7. The van der Waals surface area contributed by atoms with Gasteiger partial charge in [-0.3, -0.25) is 9.59 Å². The van der Waals surface area contributed by atoms with Gasteiger partial charge < -0.3 is 9.47 Å². The van der Waals surface area contributed by atoms with Crippen molar-refractivity contribution in [1.29, 1.82) is 0 Å². The number of halogens is 1. The van der Waals surface area contributed by atoms with Crippen LogP contribution in [-0.4, -0.2) is 58.6 Å². The third-order valence-electron chi connectivity index (χ3n) is 3.88. The predicted molar refractivity (Wildman–Crippen MR) is 88.5 cm³/mol. The maximum atomic E-state index is 12.4. The lowest BCUT2D eigenvalue weighted by Gasteiger charge is -2.34. The molecule has 1 aliphatic heterocycles. The molecule has 1 aromatic carbocycles. The molecule has 0 spiro atoms. The Labute approximate surface area is 149 Å². The Morgan fingerprint density at radius 1 is 0.920 bits per heavy atom. The Morgan fingerprint density at radius 3 is 1.68 bits per heavy atom. The molecule has 1 saturated heterocycles. The van der Waals surface area contributed by atoms with Gasteiger partial charge in [-0.2, -0.15) is 0 Å². The summed E-state index contributed by atoms with van der Waals surface area (Å²) in [5.41, 5.74) is 0.141. The van der Waals surface area contributed by atoms with E-state index < -0.39 is 53.1 Å². The van der Waals surface area contributed by atoms with E-state index in [1.165, 1.54) is 24.3 Å². The number of methoxy groups -OCH3 is 2. The number of sulfone groups is 2. The molecule has 0 saturated carbocycles. The molecule has 8 nitrogen and oxygen atoms in total. The molecule has 0 bridgehead atoms. The zero-order valence-corrected chi connectivity index (χ0v) is 15.6. The van der Waals surface area contributed by atoms with Gasteiger partial charge in [-0.05, 0) is 17.7 Å². The van der Waals surface area contributed by atoms with E-state index in [0.29, 0.717) is 5.02 Å². The van der Waals surface area contributed by atoms with Crippen LogP contribution in [0.3, 0.4) is 0 Å². The number of benzene rings is 1. The lowest BCUT2D eigenvalue weighted by molar-refractivity contribution is -0.142. The zero-order chi connectivity index (χ0) is 19.0. The van der Waals surface area contributed by atoms with Gasteiger partial charge in [-0.15, -0.1) is 0 Å². The minimum Gasteiger partial charge on any atom is -0.468 e. The van der Waals surface area contributed by atoms with Gasteiger partial charge in [0, 0.05) is 10.9 Å². The number of esters is 2. The van der Waals surface area contributed by atoms with Crippen LogP contribution in [0.5, 0.6) is 0 Å². The van der Waals surface area contributed by atoms with Gasteiger partial charge in [0.2, 0.25) is 0 Å². The summed E-state index contributed by atoms with van der Waals surface area (Å²) in [5.74, 6) is -3.81. The maximum Gasteiger partial charge on any atom is 0.324 e. The molecule has 2 atom stereocenters. The van der Waals surface area contributed by atoms with Gasteiger partial charge in [-0.25, -0.2) is 16.8 Å². The highest BCUT2D eigenvalue weighted by atomic mass is 35.5. The van der Waals surface area contributed by atoms with Crippen molar-refractivity contribution in [3.8, 4) is 0 Å². The van der Waals surface area contributed by atoms with Crippen LogP contribution in [0, 0.1) is 0 Å². The Hall–Kier alpha value is -1.65. The van der Waals surface area contributed by atoms with Gasteiger partial charge >= 0.3 is 11.9 Å². The van der Waals surface area contributed by atoms with Crippen LogP contribution >= 0.6 is 11.6 Å². The molecule has 0 amide bonds. The first-order valence-electron chi connectivity index (χ1n) is 6.89. The van der Waals surface area contributed by atoms with Gasteiger partial charge in [0.1, 0.15) is 0 Å². The van der Waals surface area contributed by atoms with Crippen LogP contribution in [0.1, 0.15) is 11.5 Å². The van der Waals surface area contributed by atoms with E-state index in [0.717, 1.165) is 14.2 Å². The van der Waals surface area contributed by atoms with Crippen molar-refractivity contribution in [2.75, 3.05) is 19.3 Å². The van der Waals surface area contributed by atoms with Crippen molar-refractivity contribution < 1.29 is 35.9 Å². The average Bonchev–Trinajstić information content (AvgIpc) is 2.52. The SMILES string of the molecule is COC(=O)[C@@H]1C(c2ccc(Cl)cc2)[C@@H](C(=O)OC)S(=O)(=O)CS1(=O)=O. The van der Waals surface area contributed by atoms with Gasteiger partial charge in [0.15, 0.2) is 35.3 Å². The molecular weight excluding hydrogens is 396 g/mol. The summed E-state index contributed by atoms with van der Waals surface area (Å²) in [6, 6.07) is 5.51. The van der Waals surface area contributed by atoms with E-state index in [1.807, 2.05) is 0 Å². The second kappa shape index (κ2) is 6.93. The monoisotopic (exact) mass is 410 g/mol. The lowest BCUT2D eigenvalue weighted by atomic mass is 9.91. The second-order valence-electron chi connectivity index (χ2n) is 5.41. The Bertz CT molecular complexity index is 837. The Kier molecular flexibility index (Phi) is 5.45. The third-order valence-corrected chi connectivity index (χ3v) is 9.28. The van der Waals surface area contributed by atoms with E-state index in [-0.39, 0.29) is 5.56 Å². The van der Waals surface area contributed by atoms with Crippen molar-refractivity contribution in [2.24, 2.45) is 0 Å². The largest absolute Gasteiger partial charge is 0.468 e. The standard InChI is InChI=1S/C14H15ClO8S2/c1-22-13(16)11-10(8-3-5-9(15)6-4-8)12(14(17)23-2)25(20,21)7-24(11,18)19/h3-6,10-12H,7H2,1-2H3/t11-,12-/m0/s1. The molecule has 0 unspecified atom stereocenters. The first kappa shape index (κ1) is 19.7. The van der Waals surface area contributed by atoms with Gasteiger partial charge in [0.25, 0.3) is 0 Å². The zero-order valence-electron chi connectivity index (χ0n) is 13.2. The summed E-state index contributed by atoms with van der Waals surface area (Å²) in [6.07, 6.45) is 0. The molecule has 0 aromatic heterocycles. The number of hydrogen-bond donors (Lipinski definition) is 0. The fraction of sp³-hybridized carbons (Fsp3) is 0.429. The summed E-state index contributed by atoms with van der Waals surface area (Å²) in [6.45, 7) is 0. The van der Waals surface area contributed by atoms with Crippen LogP contribution in [0.15, 0.2) is 24.3 Å². The molecule has 0 N–H and O–H groups in total. The molecule has 0 radical (unpaired) electrons. The number of ether oxygens (including phenoxy) is 2. The smallest absolute Gasteiger partial charge is 0.324 e.